The third kappa shape index (κ3) is 5.51. The van der Waals surface area contributed by atoms with Crippen molar-refractivity contribution in [1.29, 1.82) is 0 Å². The van der Waals surface area contributed by atoms with Crippen molar-refractivity contribution in [2.45, 2.75) is 20.8 Å². The zero-order chi connectivity index (χ0) is 20.1. The fourth-order valence-corrected chi connectivity index (χ4v) is 3.74. The van der Waals surface area contributed by atoms with Crippen LogP contribution in [0.3, 0.4) is 0 Å². The molecule has 8 heteroatoms. The predicted molar refractivity (Wildman–Crippen MR) is 124 cm³/mol. The van der Waals surface area contributed by atoms with E-state index in [9.17, 15) is 0 Å². The van der Waals surface area contributed by atoms with Gasteiger partial charge in [0.15, 0.2) is 10.2 Å². The Morgan fingerprint density at radius 3 is 2.57 bits per heavy atom. The van der Waals surface area contributed by atoms with E-state index in [-0.39, 0.29) is 0 Å². The van der Waals surface area contributed by atoms with Gasteiger partial charge in [0.25, 0.3) is 0 Å². The number of halogens is 1. The average molecular weight is 430 g/mol. The largest absolute Gasteiger partial charge is 0.331 e. The molecular weight excluding hydrogens is 410 g/mol. The smallest absolute Gasteiger partial charge is 0.191 e. The molecule has 0 amide bonds. The van der Waals surface area contributed by atoms with Crippen LogP contribution in [0, 0.1) is 13.8 Å². The van der Waals surface area contributed by atoms with Crippen LogP contribution in [0.1, 0.15) is 23.1 Å². The number of hydrazone groups is 1. The number of thiocarbonyl (C=S) groups is 1. The number of aryl methyl sites for hydroxylation is 2. The van der Waals surface area contributed by atoms with Crippen LogP contribution in [0.4, 0.5) is 16.5 Å². The predicted octanol–water partition coefficient (Wildman–Crippen LogP) is 5.87. The molecule has 0 aliphatic heterocycles. The molecule has 3 rings (SSSR count). The first-order valence-corrected chi connectivity index (χ1v) is 10.2. The monoisotopic (exact) mass is 429 g/mol. The molecule has 5 nitrogen and oxygen atoms in total. The van der Waals surface area contributed by atoms with E-state index in [4.69, 9.17) is 23.8 Å². The Kier molecular flexibility index (Phi) is 6.61. The summed E-state index contributed by atoms with van der Waals surface area (Å²) >= 11 is 12.9. The molecule has 1 aromatic heterocycles. The number of nitrogens with zero attached hydrogens (tertiary/aromatic N) is 2. The summed E-state index contributed by atoms with van der Waals surface area (Å²) < 4.78 is 0. The van der Waals surface area contributed by atoms with Gasteiger partial charge in [0.1, 0.15) is 0 Å². The van der Waals surface area contributed by atoms with Crippen molar-refractivity contribution in [2.24, 2.45) is 5.10 Å². The topological polar surface area (TPSA) is 61.3 Å². The molecule has 1 heterocycles. The molecule has 3 aromatic rings. The van der Waals surface area contributed by atoms with Gasteiger partial charge in [0.05, 0.1) is 16.3 Å². The number of benzene rings is 2. The van der Waals surface area contributed by atoms with Gasteiger partial charge in [-0.2, -0.15) is 5.10 Å². The van der Waals surface area contributed by atoms with Gasteiger partial charge >= 0.3 is 0 Å². The third-order valence-corrected chi connectivity index (χ3v) is 5.45. The van der Waals surface area contributed by atoms with Gasteiger partial charge in [-0.05, 0) is 63.3 Å². The molecule has 144 valence electrons. The summed E-state index contributed by atoms with van der Waals surface area (Å²) in [6.07, 6.45) is 0. The van der Waals surface area contributed by atoms with Gasteiger partial charge in [-0.1, -0.05) is 46.7 Å². The number of nitrogens with one attached hydrogen (secondary N) is 3. The van der Waals surface area contributed by atoms with Crippen molar-refractivity contribution in [3.63, 3.8) is 0 Å². The van der Waals surface area contributed by atoms with E-state index in [1.54, 1.807) is 0 Å². The van der Waals surface area contributed by atoms with E-state index in [1.165, 1.54) is 16.9 Å². The number of aromatic nitrogens is 1. The molecule has 3 N–H and O–H groups in total. The molecule has 0 saturated carbocycles. The van der Waals surface area contributed by atoms with Crippen LogP contribution in [-0.2, 0) is 0 Å². The fraction of sp³-hybridized carbons (Fsp3) is 0.150. The Morgan fingerprint density at radius 2 is 1.86 bits per heavy atom. The van der Waals surface area contributed by atoms with Crippen molar-refractivity contribution in [3.05, 3.63) is 69.7 Å². The molecule has 0 fully saturated rings. The molecule has 28 heavy (non-hydrogen) atoms. The Morgan fingerprint density at radius 1 is 1.11 bits per heavy atom. The summed E-state index contributed by atoms with van der Waals surface area (Å²) in [6, 6.07) is 15.5. The lowest BCUT2D eigenvalue weighted by molar-refractivity contribution is 1.04. The van der Waals surface area contributed by atoms with E-state index < -0.39 is 0 Å². The second-order valence-electron chi connectivity index (χ2n) is 6.20. The summed E-state index contributed by atoms with van der Waals surface area (Å²) in [6.45, 7) is 5.92. The first kappa shape index (κ1) is 20.3. The van der Waals surface area contributed by atoms with E-state index in [1.807, 2.05) is 69.3 Å². The molecule has 0 aliphatic rings. The van der Waals surface area contributed by atoms with Crippen molar-refractivity contribution in [1.82, 2.24) is 10.4 Å². The molecule has 0 spiro atoms. The lowest BCUT2D eigenvalue weighted by Crippen LogP contribution is -2.24. The maximum atomic E-state index is 6.03. The zero-order valence-electron chi connectivity index (χ0n) is 15.7. The standard InChI is InChI=1S/C20H20ClN5S2/c1-12-7-9-16(10-8-12)23-19(27)26-25-14(3)18-13(2)22-20(28-18)24-17-6-4-5-15(21)11-17/h4-11H,1-3H3,(H,22,24)(H2,23,26,27)/b25-14+. The number of anilines is 3. The second-order valence-corrected chi connectivity index (χ2v) is 8.04. The van der Waals surface area contributed by atoms with E-state index in [2.05, 4.69) is 26.1 Å². The highest BCUT2D eigenvalue weighted by atomic mass is 35.5. The van der Waals surface area contributed by atoms with Gasteiger partial charge < -0.3 is 10.6 Å². The van der Waals surface area contributed by atoms with Gasteiger partial charge in [-0.3, -0.25) is 5.43 Å². The lowest BCUT2D eigenvalue weighted by atomic mass is 10.2. The van der Waals surface area contributed by atoms with Gasteiger partial charge in [-0.25, -0.2) is 4.98 Å². The van der Waals surface area contributed by atoms with Gasteiger partial charge in [-0.15, -0.1) is 0 Å². The Labute approximate surface area is 178 Å². The van der Waals surface area contributed by atoms with Crippen LogP contribution in [0.25, 0.3) is 0 Å². The Bertz CT molecular complexity index is 1010. The molecule has 0 aliphatic carbocycles. The van der Waals surface area contributed by atoms with Crippen molar-refractivity contribution in [3.8, 4) is 0 Å². The van der Waals surface area contributed by atoms with Crippen LogP contribution >= 0.6 is 35.2 Å². The summed E-state index contributed by atoms with van der Waals surface area (Å²) in [7, 11) is 0. The highest BCUT2D eigenvalue weighted by Crippen LogP contribution is 2.27. The first-order chi connectivity index (χ1) is 13.4. The molecule has 0 atom stereocenters. The lowest BCUT2D eigenvalue weighted by Gasteiger charge is -2.08. The SMILES string of the molecule is C/C(=N\NC(=S)Nc1ccc(C)cc1)c1sc(Nc2cccc(Cl)c2)nc1C. The zero-order valence-corrected chi connectivity index (χ0v) is 18.1. The number of thiazole rings is 1. The van der Waals surface area contributed by atoms with E-state index >= 15 is 0 Å². The summed E-state index contributed by atoms with van der Waals surface area (Å²) in [5.74, 6) is 0. The quantitative estimate of drug-likeness (QED) is 0.269. The third-order valence-electron chi connectivity index (χ3n) is 3.84. The molecule has 2 aromatic carbocycles. The van der Waals surface area contributed by atoms with Crippen LogP contribution in [0.15, 0.2) is 53.6 Å². The summed E-state index contributed by atoms with van der Waals surface area (Å²) in [4.78, 5) is 5.55. The summed E-state index contributed by atoms with van der Waals surface area (Å²) in [5.41, 5.74) is 7.60. The minimum Gasteiger partial charge on any atom is -0.331 e. The minimum absolute atomic E-state index is 0.433. The second kappa shape index (κ2) is 9.14. The average Bonchev–Trinajstić information content (AvgIpc) is 3.02. The number of hydrogen-bond acceptors (Lipinski definition) is 5. The Hall–Kier alpha value is -2.48. The van der Waals surface area contributed by atoms with Crippen molar-refractivity contribution >= 4 is 62.5 Å². The molecule has 0 unspecified atom stereocenters. The molecule has 0 radical (unpaired) electrons. The van der Waals surface area contributed by atoms with Gasteiger partial charge in [0, 0.05) is 16.4 Å². The highest BCUT2D eigenvalue weighted by molar-refractivity contribution is 7.80. The summed E-state index contributed by atoms with van der Waals surface area (Å²) in [5, 5.41) is 12.7. The highest BCUT2D eigenvalue weighted by Gasteiger charge is 2.11. The minimum atomic E-state index is 0.433. The molecule has 0 bridgehead atoms. The Balaban J connectivity index is 1.64. The maximum absolute atomic E-state index is 6.03. The first-order valence-electron chi connectivity index (χ1n) is 8.59. The van der Waals surface area contributed by atoms with Crippen LogP contribution in [0.2, 0.25) is 5.02 Å². The van der Waals surface area contributed by atoms with Gasteiger partial charge in [0.2, 0.25) is 0 Å². The molecular formula is C20H20ClN5S2. The molecule has 0 saturated heterocycles. The fourth-order valence-electron chi connectivity index (χ4n) is 2.46. The van der Waals surface area contributed by atoms with Crippen LogP contribution in [0.5, 0.6) is 0 Å². The normalized spacial score (nSPS) is 11.2. The van der Waals surface area contributed by atoms with Crippen LogP contribution in [-0.4, -0.2) is 15.8 Å². The van der Waals surface area contributed by atoms with Crippen LogP contribution < -0.4 is 16.1 Å². The number of rotatable bonds is 5. The maximum Gasteiger partial charge on any atom is 0.191 e. The van der Waals surface area contributed by atoms with Crippen molar-refractivity contribution < 1.29 is 0 Å². The number of hydrogen-bond donors (Lipinski definition) is 3. The van der Waals surface area contributed by atoms with Crippen molar-refractivity contribution in [2.75, 3.05) is 10.6 Å². The van der Waals surface area contributed by atoms with E-state index in [0.29, 0.717) is 10.1 Å². The van der Waals surface area contributed by atoms with E-state index in [0.717, 1.165) is 32.8 Å².